The Morgan fingerprint density at radius 3 is 2.55 bits per heavy atom. The molecule has 2 rings (SSSR count). The molecule has 1 atom stereocenters. The maximum absolute atomic E-state index is 11.8. The Bertz CT molecular complexity index is 622. The fourth-order valence-corrected chi connectivity index (χ4v) is 2.71. The number of fused-ring (bicyclic) bond motifs is 1. The summed E-state index contributed by atoms with van der Waals surface area (Å²) in [6, 6.07) is 5.56. The summed E-state index contributed by atoms with van der Waals surface area (Å²) in [5.74, 6) is -0.0899. The molecule has 0 amide bonds. The molecule has 20 heavy (non-hydrogen) atoms. The summed E-state index contributed by atoms with van der Waals surface area (Å²) in [5.41, 5.74) is 2.19. The zero-order valence-corrected chi connectivity index (χ0v) is 12.4. The van der Waals surface area contributed by atoms with Crippen molar-refractivity contribution < 1.29 is 9.52 Å². The van der Waals surface area contributed by atoms with Gasteiger partial charge in [-0.2, -0.15) is 0 Å². The Kier molecular flexibility index (Phi) is 4.65. The average Bonchev–Trinajstić information content (AvgIpc) is 2.76. The lowest BCUT2D eigenvalue weighted by molar-refractivity contribution is 0.103. The van der Waals surface area contributed by atoms with Crippen LogP contribution in [0.5, 0.6) is 0 Å². The van der Waals surface area contributed by atoms with Crippen LogP contribution < -0.4 is 5.76 Å². The molecule has 0 aliphatic rings. The maximum Gasteiger partial charge on any atom is 0.419 e. The third kappa shape index (κ3) is 2.66. The van der Waals surface area contributed by atoms with Crippen LogP contribution in [0.1, 0.15) is 51.7 Å². The van der Waals surface area contributed by atoms with E-state index in [1.54, 1.807) is 10.6 Å². The van der Waals surface area contributed by atoms with Crippen LogP contribution in [0, 0.1) is 5.92 Å². The molecule has 1 heterocycles. The first kappa shape index (κ1) is 14.9. The number of aliphatic hydroxyl groups excluding tert-OH is 1. The summed E-state index contributed by atoms with van der Waals surface area (Å²) in [7, 11) is 0. The predicted molar refractivity (Wildman–Crippen MR) is 79.8 cm³/mol. The van der Waals surface area contributed by atoms with Gasteiger partial charge in [0.25, 0.3) is 0 Å². The van der Waals surface area contributed by atoms with E-state index in [0.717, 1.165) is 30.3 Å². The number of aliphatic hydroxyl groups is 1. The molecule has 1 aromatic carbocycles. The molecule has 110 valence electrons. The minimum atomic E-state index is -0.505. The first-order valence-corrected chi connectivity index (χ1v) is 7.43. The summed E-state index contributed by atoms with van der Waals surface area (Å²) in [6.07, 6.45) is 2.23. The van der Waals surface area contributed by atoms with Gasteiger partial charge in [0.15, 0.2) is 5.58 Å². The largest absolute Gasteiger partial charge is 0.419 e. The molecular weight excluding hydrogens is 254 g/mol. The van der Waals surface area contributed by atoms with E-state index in [-0.39, 0.29) is 11.7 Å². The molecule has 4 heteroatoms. The third-order valence-corrected chi connectivity index (χ3v) is 3.98. The van der Waals surface area contributed by atoms with E-state index < -0.39 is 6.10 Å². The van der Waals surface area contributed by atoms with Crippen LogP contribution >= 0.6 is 0 Å². The fourth-order valence-electron chi connectivity index (χ4n) is 2.71. The van der Waals surface area contributed by atoms with Crippen LogP contribution in [0.4, 0.5) is 0 Å². The zero-order chi connectivity index (χ0) is 14.7. The van der Waals surface area contributed by atoms with Gasteiger partial charge in [0.05, 0.1) is 11.6 Å². The van der Waals surface area contributed by atoms with Crippen LogP contribution in [0.25, 0.3) is 11.1 Å². The fraction of sp³-hybridized carbons (Fsp3) is 0.562. The van der Waals surface area contributed by atoms with Crippen molar-refractivity contribution in [3.8, 4) is 0 Å². The van der Waals surface area contributed by atoms with E-state index in [1.165, 1.54) is 0 Å². The lowest BCUT2D eigenvalue weighted by atomic mass is 9.91. The van der Waals surface area contributed by atoms with E-state index in [0.29, 0.717) is 12.1 Å². The van der Waals surface area contributed by atoms with E-state index in [2.05, 4.69) is 13.8 Å². The SMILES string of the molecule is CCCn1c(=O)oc2cc(C(O)C(CC)CC)ccc21. The number of aryl methyl sites for hydroxylation is 1. The molecule has 0 saturated heterocycles. The number of benzene rings is 1. The normalized spacial score (nSPS) is 13.2. The van der Waals surface area contributed by atoms with Crippen LogP contribution in [0.2, 0.25) is 0 Å². The van der Waals surface area contributed by atoms with Crippen molar-refractivity contribution in [1.29, 1.82) is 0 Å². The Morgan fingerprint density at radius 2 is 1.95 bits per heavy atom. The Balaban J connectivity index is 2.42. The predicted octanol–water partition coefficient (Wildman–Crippen LogP) is 3.47. The van der Waals surface area contributed by atoms with Crippen molar-refractivity contribution in [2.24, 2.45) is 5.92 Å². The summed E-state index contributed by atoms with van der Waals surface area (Å²) in [4.78, 5) is 11.8. The van der Waals surface area contributed by atoms with Crippen LogP contribution in [0.3, 0.4) is 0 Å². The highest BCUT2D eigenvalue weighted by Crippen LogP contribution is 2.29. The molecule has 1 unspecified atom stereocenters. The van der Waals surface area contributed by atoms with Crippen molar-refractivity contribution >= 4 is 11.1 Å². The van der Waals surface area contributed by atoms with Gasteiger partial charge in [-0.3, -0.25) is 4.57 Å². The molecule has 0 aliphatic heterocycles. The van der Waals surface area contributed by atoms with Crippen LogP contribution in [-0.2, 0) is 6.54 Å². The Hall–Kier alpha value is -1.55. The summed E-state index contributed by atoms with van der Waals surface area (Å²) in [5, 5.41) is 10.4. The van der Waals surface area contributed by atoms with E-state index in [1.807, 2.05) is 19.1 Å². The van der Waals surface area contributed by atoms with Gasteiger partial charge in [0, 0.05) is 6.54 Å². The molecular formula is C16H23NO3. The number of hydrogen-bond donors (Lipinski definition) is 1. The Morgan fingerprint density at radius 1 is 1.25 bits per heavy atom. The van der Waals surface area contributed by atoms with Gasteiger partial charge < -0.3 is 9.52 Å². The summed E-state index contributed by atoms with van der Waals surface area (Å²) >= 11 is 0. The second-order valence-electron chi connectivity index (χ2n) is 5.27. The highest BCUT2D eigenvalue weighted by atomic mass is 16.4. The van der Waals surface area contributed by atoms with E-state index in [4.69, 9.17) is 4.42 Å². The van der Waals surface area contributed by atoms with Crippen LogP contribution in [0.15, 0.2) is 27.4 Å². The molecule has 1 N–H and O–H groups in total. The monoisotopic (exact) mass is 277 g/mol. The van der Waals surface area contributed by atoms with Gasteiger partial charge in [-0.25, -0.2) is 4.79 Å². The minimum absolute atomic E-state index is 0.233. The molecule has 0 saturated carbocycles. The van der Waals surface area contributed by atoms with E-state index in [9.17, 15) is 9.90 Å². The van der Waals surface area contributed by atoms with Crippen molar-refractivity contribution in [1.82, 2.24) is 4.57 Å². The quantitative estimate of drug-likeness (QED) is 0.879. The van der Waals surface area contributed by atoms with Crippen molar-refractivity contribution in [2.45, 2.75) is 52.7 Å². The minimum Gasteiger partial charge on any atom is -0.408 e. The molecule has 0 fully saturated rings. The molecule has 2 aromatic rings. The summed E-state index contributed by atoms with van der Waals surface area (Å²) < 4.78 is 6.93. The number of rotatable bonds is 6. The first-order valence-electron chi connectivity index (χ1n) is 7.43. The molecule has 0 spiro atoms. The third-order valence-electron chi connectivity index (χ3n) is 3.98. The number of aromatic nitrogens is 1. The van der Waals surface area contributed by atoms with E-state index >= 15 is 0 Å². The van der Waals surface area contributed by atoms with Crippen LogP contribution in [-0.4, -0.2) is 9.67 Å². The highest BCUT2D eigenvalue weighted by molar-refractivity contribution is 5.73. The lowest BCUT2D eigenvalue weighted by Crippen LogP contribution is -2.13. The maximum atomic E-state index is 11.8. The second-order valence-corrected chi connectivity index (χ2v) is 5.27. The lowest BCUT2D eigenvalue weighted by Gasteiger charge is -2.20. The molecule has 1 aromatic heterocycles. The molecule has 4 nitrogen and oxygen atoms in total. The Labute approximate surface area is 119 Å². The number of nitrogens with zero attached hydrogens (tertiary/aromatic N) is 1. The number of hydrogen-bond acceptors (Lipinski definition) is 3. The zero-order valence-electron chi connectivity index (χ0n) is 12.4. The first-order chi connectivity index (χ1) is 9.62. The van der Waals surface area contributed by atoms with Gasteiger partial charge in [0.2, 0.25) is 0 Å². The van der Waals surface area contributed by atoms with Crippen molar-refractivity contribution in [3.63, 3.8) is 0 Å². The second kappa shape index (κ2) is 6.27. The summed E-state index contributed by atoms with van der Waals surface area (Å²) in [6.45, 7) is 6.83. The van der Waals surface area contributed by atoms with Gasteiger partial charge in [-0.15, -0.1) is 0 Å². The number of oxazole rings is 1. The molecule has 0 radical (unpaired) electrons. The molecule has 0 bridgehead atoms. The molecule has 0 aliphatic carbocycles. The van der Waals surface area contributed by atoms with Gasteiger partial charge in [-0.1, -0.05) is 39.7 Å². The highest BCUT2D eigenvalue weighted by Gasteiger charge is 2.19. The van der Waals surface area contributed by atoms with Crippen molar-refractivity contribution in [2.75, 3.05) is 0 Å². The average molecular weight is 277 g/mol. The van der Waals surface area contributed by atoms with Crippen molar-refractivity contribution in [3.05, 3.63) is 34.3 Å². The van der Waals surface area contributed by atoms with Gasteiger partial charge in [-0.05, 0) is 30.0 Å². The topological polar surface area (TPSA) is 55.4 Å². The standard InChI is InChI=1S/C16H23NO3/c1-4-9-17-13-8-7-12(10-14(13)20-16(17)19)15(18)11(5-2)6-3/h7-8,10-11,15,18H,4-6,9H2,1-3H3. The van der Waals surface area contributed by atoms with Gasteiger partial charge in [0.1, 0.15) is 0 Å². The van der Waals surface area contributed by atoms with Gasteiger partial charge >= 0.3 is 5.76 Å². The smallest absolute Gasteiger partial charge is 0.408 e.